The molecule has 7 aromatic carbocycles. The summed E-state index contributed by atoms with van der Waals surface area (Å²) in [6, 6.07) is 50.1. The van der Waals surface area contributed by atoms with Gasteiger partial charge in [-0.15, -0.1) is 0 Å². The topological polar surface area (TPSA) is 43.2 Å². The zero-order valence-electron chi connectivity index (χ0n) is 39.2. The monoisotopic (exact) mass is 903 g/mol. The number of nitrogens with zero attached hydrogens (tertiary/aromatic N) is 4. The minimum absolute atomic E-state index is 0.295. The Balaban J connectivity index is 0.811. The molecule has 1 saturated heterocycles. The average Bonchev–Trinajstić information content (AvgIpc) is 3.94. The second kappa shape index (κ2) is 15.9. The van der Waals surface area contributed by atoms with Crippen LogP contribution < -0.4 is 15.1 Å². The number of nitrogens with one attached hydrogen (secondary N) is 1. The Hall–Kier alpha value is -7.76. The third kappa shape index (κ3) is 6.23. The number of hydrogen-bond donors (Lipinski definition) is 1. The summed E-state index contributed by atoms with van der Waals surface area (Å²) < 4.78 is 0. The summed E-state index contributed by atoms with van der Waals surface area (Å²) >= 11 is 0. The Kier molecular flexibility index (Phi) is 9.12. The number of hydrogen-bond acceptors (Lipinski definition) is 5. The minimum Gasteiger partial charge on any atom is -0.344 e. The van der Waals surface area contributed by atoms with Crippen LogP contribution in [0.4, 0.5) is 11.4 Å². The molecule has 0 aromatic heterocycles. The molecule has 0 amide bonds. The molecule has 6 atom stereocenters. The predicted molar refractivity (Wildman–Crippen MR) is 291 cm³/mol. The Morgan fingerprint density at radius 2 is 1.37 bits per heavy atom. The maximum atomic E-state index is 5.34. The van der Waals surface area contributed by atoms with Gasteiger partial charge in [-0.1, -0.05) is 152 Å². The van der Waals surface area contributed by atoms with Gasteiger partial charge in [0.15, 0.2) is 5.84 Å². The molecule has 0 spiro atoms. The predicted octanol–water partition coefficient (Wildman–Crippen LogP) is 14.7. The molecule has 3 aliphatic heterocycles. The zero-order chi connectivity index (χ0) is 45.9. The molecule has 5 nitrogen and oxygen atoms in total. The van der Waals surface area contributed by atoms with E-state index in [-0.39, 0.29) is 6.17 Å². The average molecular weight is 904 g/mol. The van der Waals surface area contributed by atoms with Crippen molar-refractivity contribution in [3.63, 3.8) is 0 Å². The molecule has 0 saturated carbocycles. The summed E-state index contributed by atoms with van der Waals surface area (Å²) in [5.41, 5.74) is 15.8. The number of anilines is 2. The van der Waals surface area contributed by atoms with Crippen LogP contribution in [0.25, 0.3) is 38.4 Å². The molecule has 5 aliphatic carbocycles. The van der Waals surface area contributed by atoms with Crippen molar-refractivity contribution >= 4 is 61.4 Å². The largest absolute Gasteiger partial charge is 0.344 e. The van der Waals surface area contributed by atoms with Gasteiger partial charge in [-0.3, -0.25) is 0 Å². The molecule has 6 unspecified atom stereocenters. The Labute approximate surface area is 409 Å². The number of aryl methyl sites for hydroxylation is 1. The summed E-state index contributed by atoms with van der Waals surface area (Å²) in [4.78, 5) is 16.1. The van der Waals surface area contributed by atoms with Crippen molar-refractivity contribution in [3.8, 4) is 0 Å². The Morgan fingerprint density at radius 3 is 2.27 bits per heavy atom. The fourth-order valence-electron chi connectivity index (χ4n) is 13.6. The normalized spacial score (nSPS) is 24.9. The van der Waals surface area contributed by atoms with Crippen molar-refractivity contribution in [2.75, 3.05) is 9.80 Å². The lowest BCUT2D eigenvalue weighted by molar-refractivity contribution is 0.536. The van der Waals surface area contributed by atoms with E-state index in [0.717, 1.165) is 67.7 Å². The Morgan fingerprint density at radius 1 is 0.600 bits per heavy atom. The van der Waals surface area contributed by atoms with Crippen LogP contribution in [0.3, 0.4) is 0 Å². The van der Waals surface area contributed by atoms with Crippen molar-refractivity contribution in [3.05, 3.63) is 244 Å². The summed E-state index contributed by atoms with van der Waals surface area (Å²) in [6.45, 7) is 0. The molecule has 1 N–H and O–H groups in total. The standard InChI is InChI=1S/C65H53N5/c1-2-16-41(17-3-1)63-66-64(68-65(67-63)56-38-44-18-5-6-20-48(44)50-22-8-9-23-51(50)56)46-30-29-43-36-47(33-31-42(43)35-46)69-57-26-12-10-24-52(57)55-37-45-19-14-28-59(54(45)39-61(55)69)70-58-27-13-11-25-53(58)62-49-21-7-4-15-40(49)32-34-60(62)70/h1-7,9-11,14-18,20-21,23-25,28-39,45,52-53,57-58,65H,8,12-13,19,22,26-27H2,(H,66,67,68). The number of allylic oxidation sites excluding steroid dienone is 9. The van der Waals surface area contributed by atoms with E-state index in [4.69, 9.17) is 9.98 Å². The first-order valence-electron chi connectivity index (χ1n) is 25.7. The number of fused-ring (bicyclic) bond motifs is 13. The smallest absolute Gasteiger partial charge is 0.159 e. The quantitative estimate of drug-likeness (QED) is 0.175. The van der Waals surface area contributed by atoms with E-state index in [1.165, 1.54) is 88.5 Å². The van der Waals surface area contributed by atoms with Crippen molar-refractivity contribution in [2.24, 2.45) is 21.8 Å². The van der Waals surface area contributed by atoms with Crippen LogP contribution in [0.5, 0.6) is 0 Å². The van der Waals surface area contributed by atoms with Gasteiger partial charge in [0, 0.05) is 69.3 Å². The summed E-state index contributed by atoms with van der Waals surface area (Å²) in [5.74, 6) is 2.72. The van der Waals surface area contributed by atoms with Gasteiger partial charge in [-0.05, 0) is 148 Å². The van der Waals surface area contributed by atoms with E-state index >= 15 is 0 Å². The van der Waals surface area contributed by atoms with Gasteiger partial charge in [0.05, 0.1) is 0 Å². The highest BCUT2D eigenvalue weighted by Crippen LogP contribution is 2.54. The second-order valence-corrected chi connectivity index (χ2v) is 20.5. The first kappa shape index (κ1) is 40.2. The van der Waals surface area contributed by atoms with E-state index in [2.05, 4.69) is 209 Å². The highest BCUT2D eigenvalue weighted by atomic mass is 15.2. The zero-order valence-corrected chi connectivity index (χ0v) is 39.2. The fourth-order valence-corrected chi connectivity index (χ4v) is 13.6. The van der Waals surface area contributed by atoms with Crippen LogP contribution in [0.15, 0.2) is 221 Å². The van der Waals surface area contributed by atoms with Gasteiger partial charge >= 0.3 is 0 Å². The van der Waals surface area contributed by atoms with Crippen LogP contribution in [0, 0.1) is 11.8 Å². The van der Waals surface area contributed by atoms with E-state index in [0.29, 0.717) is 29.8 Å². The van der Waals surface area contributed by atoms with Crippen molar-refractivity contribution in [1.82, 2.24) is 5.32 Å². The molecule has 70 heavy (non-hydrogen) atoms. The van der Waals surface area contributed by atoms with Gasteiger partial charge in [0.1, 0.15) is 12.0 Å². The maximum Gasteiger partial charge on any atom is 0.159 e. The van der Waals surface area contributed by atoms with Crippen LogP contribution in [0.1, 0.15) is 84.0 Å². The van der Waals surface area contributed by atoms with E-state index < -0.39 is 0 Å². The highest BCUT2D eigenvalue weighted by molar-refractivity contribution is 6.14. The van der Waals surface area contributed by atoms with Gasteiger partial charge in [-0.2, -0.15) is 0 Å². The lowest BCUT2D eigenvalue weighted by Gasteiger charge is -2.37. The van der Waals surface area contributed by atoms with Crippen LogP contribution >= 0.6 is 0 Å². The van der Waals surface area contributed by atoms with Crippen molar-refractivity contribution in [1.29, 1.82) is 0 Å². The van der Waals surface area contributed by atoms with Crippen LogP contribution in [-0.2, 0) is 6.42 Å². The number of amidine groups is 2. The minimum atomic E-state index is -0.295. The van der Waals surface area contributed by atoms with Crippen molar-refractivity contribution < 1.29 is 0 Å². The molecule has 0 radical (unpaired) electrons. The SMILES string of the molecule is C1=Cc2c(C3N=C(c4ccccc4)N=C(c4ccc5cc(N6C7=CC8=C(N9c%10ccc%11ccccc%11c%10C%10C=CCCC%109)C=CCC8C=C7C7C=CCCC76)ccc5c4)N3)cc3ccccc3c2CC1. The number of rotatable bonds is 5. The third-order valence-corrected chi connectivity index (χ3v) is 16.7. The van der Waals surface area contributed by atoms with Gasteiger partial charge in [-0.25, -0.2) is 9.98 Å². The molecular weight excluding hydrogens is 851 g/mol. The van der Waals surface area contributed by atoms with E-state index in [1.54, 1.807) is 0 Å². The van der Waals surface area contributed by atoms with E-state index in [1.807, 2.05) is 0 Å². The van der Waals surface area contributed by atoms with Gasteiger partial charge in [0.2, 0.25) is 0 Å². The summed E-state index contributed by atoms with van der Waals surface area (Å²) in [7, 11) is 0. The summed E-state index contributed by atoms with van der Waals surface area (Å²) in [5, 5.41) is 11.6. The molecule has 1 fully saturated rings. The number of aliphatic imine (C=N–C) groups is 2. The highest BCUT2D eigenvalue weighted by Gasteiger charge is 2.46. The van der Waals surface area contributed by atoms with Crippen molar-refractivity contribution in [2.45, 2.75) is 69.1 Å². The fraction of sp³-hybridized carbons (Fsp3) is 0.200. The van der Waals surface area contributed by atoms with Gasteiger partial charge < -0.3 is 15.1 Å². The second-order valence-electron chi connectivity index (χ2n) is 20.5. The summed E-state index contributed by atoms with van der Waals surface area (Å²) in [6.07, 6.45) is 32.0. The third-order valence-electron chi connectivity index (χ3n) is 16.7. The lowest BCUT2D eigenvalue weighted by atomic mass is 9.78. The van der Waals surface area contributed by atoms with Crippen LogP contribution in [0.2, 0.25) is 0 Å². The first-order valence-corrected chi connectivity index (χ1v) is 25.7. The lowest BCUT2D eigenvalue weighted by Crippen LogP contribution is -2.36. The molecule has 5 heteroatoms. The van der Waals surface area contributed by atoms with Gasteiger partial charge in [0.25, 0.3) is 0 Å². The molecule has 7 aromatic rings. The molecular formula is C65H53N5. The van der Waals surface area contributed by atoms with Crippen LogP contribution in [-0.4, -0.2) is 23.8 Å². The number of benzene rings is 7. The Bertz CT molecular complexity index is 3670. The molecule has 0 bridgehead atoms. The molecule has 338 valence electrons. The van der Waals surface area contributed by atoms with E-state index in [9.17, 15) is 0 Å². The maximum absolute atomic E-state index is 5.34. The first-order chi connectivity index (χ1) is 34.7. The molecule has 3 heterocycles. The molecule has 8 aliphatic rings. The molecule has 15 rings (SSSR count).